The van der Waals surface area contributed by atoms with Crippen molar-refractivity contribution >= 4 is 11.7 Å². The van der Waals surface area contributed by atoms with Crippen molar-refractivity contribution in [2.75, 3.05) is 25.0 Å². The number of urea groups is 1. The van der Waals surface area contributed by atoms with Gasteiger partial charge in [-0.2, -0.15) is 13.2 Å². The van der Waals surface area contributed by atoms with E-state index in [0.29, 0.717) is 13.1 Å². The van der Waals surface area contributed by atoms with Crippen LogP contribution in [0.2, 0.25) is 0 Å². The van der Waals surface area contributed by atoms with Crippen molar-refractivity contribution < 1.29 is 22.7 Å². The fourth-order valence-electron chi connectivity index (χ4n) is 2.59. The number of ether oxygens (including phenoxy) is 1. The summed E-state index contributed by atoms with van der Waals surface area (Å²) in [6.07, 6.45) is -0.721. The summed E-state index contributed by atoms with van der Waals surface area (Å²) in [5.41, 5.74) is -1.14. The Kier molecular flexibility index (Phi) is 5.74. The molecular formula is C16H21F3N2O2. The summed E-state index contributed by atoms with van der Waals surface area (Å²) in [7, 11) is 0. The summed E-state index contributed by atoms with van der Waals surface area (Å²) in [5.74, 6) is 0.132. The predicted octanol–water partition coefficient (Wildman–Crippen LogP) is 4.51. The van der Waals surface area contributed by atoms with Crippen LogP contribution in [0.4, 0.5) is 23.7 Å². The highest BCUT2D eigenvalue weighted by molar-refractivity contribution is 5.90. The summed E-state index contributed by atoms with van der Waals surface area (Å²) in [6, 6.07) is 3.10. The minimum atomic E-state index is -4.56. The molecule has 1 aromatic rings. The van der Waals surface area contributed by atoms with Gasteiger partial charge in [-0.05, 0) is 38.0 Å². The highest BCUT2D eigenvalue weighted by Gasteiger charge is 2.35. The van der Waals surface area contributed by atoms with E-state index in [9.17, 15) is 18.0 Å². The van der Waals surface area contributed by atoms with Crippen molar-refractivity contribution in [2.45, 2.75) is 38.8 Å². The molecule has 0 radical (unpaired) electrons. The van der Waals surface area contributed by atoms with Gasteiger partial charge in [0.1, 0.15) is 5.75 Å². The number of amides is 2. The molecule has 2 rings (SSSR count). The van der Waals surface area contributed by atoms with E-state index in [4.69, 9.17) is 4.74 Å². The lowest BCUT2D eigenvalue weighted by Crippen LogP contribution is -2.36. The van der Waals surface area contributed by atoms with Crippen LogP contribution in [0.25, 0.3) is 0 Å². The summed E-state index contributed by atoms with van der Waals surface area (Å²) in [6.45, 7) is 3.12. The van der Waals surface area contributed by atoms with E-state index in [-0.39, 0.29) is 18.0 Å². The van der Waals surface area contributed by atoms with Crippen LogP contribution in [0.5, 0.6) is 5.75 Å². The molecule has 0 aromatic heterocycles. The van der Waals surface area contributed by atoms with Crippen molar-refractivity contribution in [2.24, 2.45) is 0 Å². The molecule has 0 saturated carbocycles. The largest absolute Gasteiger partial charge is 0.494 e. The van der Waals surface area contributed by atoms with Gasteiger partial charge in [-0.25, -0.2) is 4.79 Å². The summed E-state index contributed by atoms with van der Waals surface area (Å²) in [5, 5.41) is 2.40. The molecule has 128 valence electrons. The lowest BCUT2D eigenvalue weighted by Gasteiger charge is -2.22. The molecule has 0 spiro atoms. The van der Waals surface area contributed by atoms with Gasteiger partial charge >= 0.3 is 12.2 Å². The molecule has 1 heterocycles. The molecule has 0 unspecified atom stereocenters. The molecule has 4 nitrogen and oxygen atoms in total. The number of anilines is 1. The molecule has 1 fully saturated rings. The van der Waals surface area contributed by atoms with E-state index < -0.39 is 17.8 Å². The number of rotatable bonds is 3. The second-order valence-corrected chi connectivity index (χ2v) is 5.47. The van der Waals surface area contributed by atoms with Gasteiger partial charge in [0.15, 0.2) is 0 Å². The zero-order chi connectivity index (χ0) is 16.9. The number of carbonyl (C=O) groups excluding carboxylic acids is 1. The average molecular weight is 330 g/mol. The van der Waals surface area contributed by atoms with Crippen molar-refractivity contribution in [3.8, 4) is 5.75 Å². The van der Waals surface area contributed by atoms with Crippen LogP contribution in [-0.2, 0) is 6.18 Å². The number of alkyl halides is 3. The molecule has 2 amide bonds. The SMILES string of the molecule is CCOc1ccc(NC(=O)N2CCCCCC2)c(C(F)(F)F)c1. The Bertz CT molecular complexity index is 539. The van der Waals surface area contributed by atoms with Crippen LogP contribution in [-0.4, -0.2) is 30.6 Å². The van der Waals surface area contributed by atoms with Crippen LogP contribution < -0.4 is 10.1 Å². The first kappa shape index (κ1) is 17.4. The molecule has 1 aromatic carbocycles. The fourth-order valence-corrected chi connectivity index (χ4v) is 2.59. The molecule has 1 saturated heterocycles. The predicted molar refractivity (Wildman–Crippen MR) is 81.7 cm³/mol. The molecule has 1 N–H and O–H groups in total. The number of hydrogen-bond acceptors (Lipinski definition) is 2. The molecule has 1 aliphatic heterocycles. The second-order valence-electron chi connectivity index (χ2n) is 5.47. The number of halogens is 3. The Morgan fingerprint density at radius 3 is 2.43 bits per heavy atom. The van der Waals surface area contributed by atoms with E-state index in [1.54, 1.807) is 11.8 Å². The lowest BCUT2D eigenvalue weighted by atomic mass is 10.1. The molecule has 7 heteroatoms. The molecular weight excluding hydrogens is 309 g/mol. The molecule has 23 heavy (non-hydrogen) atoms. The first-order valence-corrected chi connectivity index (χ1v) is 7.82. The molecule has 0 aliphatic carbocycles. The number of nitrogens with one attached hydrogen (secondary N) is 1. The van der Waals surface area contributed by atoms with Crippen LogP contribution in [0, 0.1) is 0 Å². The minimum Gasteiger partial charge on any atom is -0.494 e. The molecule has 1 aliphatic rings. The van der Waals surface area contributed by atoms with Gasteiger partial charge < -0.3 is 15.0 Å². The van der Waals surface area contributed by atoms with Crippen molar-refractivity contribution in [1.82, 2.24) is 4.90 Å². The van der Waals surface area contributed by atoms with E-state index in [2.05, 4.69) is 5.32 Å². The zero-order valence-electron chi connectivity index (χ0n) is 13.1. The normalized spacial score (nSPS) is 15.9. The number of nitrogens with zero attached hydrogens (tertiary/aromatic N) is 1. The van der Waals surface area contributed by atoms with Crippen LogP contribution in [0.1, 0.15) is 38.2 Å². The van der Waals surface area contributed by atoms with Gasteiger partial charge in [-0.15, -0.1) is 0 Å². The topological polar surface area (TPSA) is 41.6 Å². The fraction of sp³-hybridized carbons (Fsp3) is 0.562. The first-order valence-electron chi connectivity index (χ1n) is 7.82. The average Bonchev–Trinajstić information content (AvgIpc) is 2.77. The standard InChI is InChI=1S/C16H21F3N2O2/c1-2-23-12-7-8-14(13(11-12)16(17,18)19)20-15(22)21-9-5-3-4-6-10-21/h7-8,11H,2-6,9-10H2,1H3,(H,20,22). The summed E-state index contributed by atoms with van der Waals surface area (Å²) >= 11 is 0. The van der Waals surface area contributed by atoms with E-state index in [1.165, 1.54) is 12.1 Å². The minimum absolute atomic E-state index is 0.132. The van der Waals surface area contributed by atoms with Gasteiger partial charge in [-0.3, -0.25) is 0 Å². The van der Waals surface area contributed by atoms with Crippen LogP contribution >= 0.6 is 0 Å². The van der Waals surface area contributed by atoms with Crippen molar-refractivity contribution in [3.05, 3.63) is 23.8 Å². The third-order valence-electron chi connectivity index (χ3n) is 3.74. The maximum absolute atomic E-state index is 13.2. The monoisotopic (exact) mass is 330 g/mol. The second kappa shape index (κ2) is 7.57. The highest BCUT2D eigenvalue weighted by Crippen LogP contribution is 2.37. The first-order chi connectivity index (χ1) is 10.9. The Labute approximate surface area is 133 Å². The number of benzene rings is 1. The van der Waals surface area contributed by atoms with Gasteiger partial charge in [0.2, 0.25) is 0 Å². The number of likely N-dealkylation sites (tertiary alicyclic amines) is 1. The van der Waals surface area contributed by atoms with Gasteiger partial charge in [0.25, 0.3) is 0 Å². The maximum atomic E-state index is 13.2. The number of carbonyl (C=O) groups is 1. The van der Waals surface area contributed by atoms with E-state index in [0.717, 1.165) is 31.7 Å². The Hall–Kier alpha value is -1.92. The van der Waals surface area contributed by atoms with Crippen LogP contribution in [0.15, 0.2) is 18.2 Å². The van der Waals surface area contributed by atoms with Crippen molar-refractivity contribution in [1.29, 1.82) is 0 Å². The van der Waals surface area contributed by atoms with Crippen molar-refractivity contribution in [3.63, 3.8) is 0 Å². The molecule has 0 bridgehead atoms. The Morgan fingerprint density at radius 1 is 1.22 bits per heavy atom. The Morgan fingerprint density at radius 2 is 1.87 bits per heavy atom. The smallest absolute Gasteiger partial charge is 0.418 e. The quantitative estimate of drug-likeness (QED) is 0.886. The van der Waals surface area contributed by atoms with Crippen LogP contribution in [0.3, 0.4) is 0 Å². The Balaban J connectivity index is 2.19. The third-order valence-corrected chi connectivity index (χ3v) is 3.74. The highest BCUT2D eigenvalue weighted by atomic mass is 19.4. The third kappa shape index (κ3) is 4.77. The van der Waals surface area contributed by atoms with E-state index in [1.807, 2.05) is 0 Å². The lowest BCUT2D eigenvalue weighted by molar-refractivity contribution is -0.137. The number of hydrogen-bond donors (Lipinski definition) is 1. The summed E-state index contributed by atoms with van der Waals surface area (Å²) < 4.78 is 44.7. The van der Waals surface area contributed by atoms with E-state index >= 15 is 0 Å². The van der Waals surface area contributed by atoms with Gasteiger partial charge in [0, 0.05) is 13.1 Å². The zero-order valence-corrected chi connectivity index (χ0v) is 13.1. The van der Waals surface area contributed by atoms with Gasteiger partial charge in [-0.1, -0.05) is 12.8 Å². The van der Waals surface area contributed by atoms with Gasteiger partial charge in [0.05, 0.1) is 17.9 Å². The maximum Gasteiger partial charge on any atom is 0.418 e. The molecule has 0 atom stereocenters. The summed E-state index contributed by atoms with van der Waals surface area (Å²) in [4.78, 5) is 13.8.